The number of H-pyrrole nitrogens is 1. The molecule has 2 aromatic carbocycles. The second kappa shape index (κ2) is 6.61. The monoisotopic (exact) mass is 383 g/mol. The van der Waals surface area contributed by atoms with Crippen molar-refractivity contribution in [1.29, 1.82) is 0 Å². The van der Waals surface area contributed by atoms with E-state index in [-0.39, 0.29) is 5.56 Å². The molecule has 24 heavy (non-hydrogen) atoms. The molecule has 0 bridgehead atoms. The van der Waals surface area contributed by atoms with E-state index in [1.165, 1.54) is 4.68 Å². The lowest BCUT2D eigenvalue weighted by Gasteiger charge is -2.01. The lowest BCUT2D eigenvalue weighted by Crippen LogP contribution is -2.17. The van der Waals surface area contributed by atoms with Crippen LogP contribution in [0.15, 0.2) is 56.7 Å². The summed E-state index contributed by atoms with van der Waals surface area (Å²) >= 11 is 3.40. The number of rotatable bonds is 3. The van der Waals surface area contributed by atoms with Gasteiger partial charge in [-0.25, -0.2) is 4.68 Å². The smallest absolute Gasteiger partial charge is 0.280 e. The van der Waals surface area contributed by atoms with Crippen LogP contribution in [0, 0.1) is 20.8 Å². The molecule has 0 radical (unpaired) electrons. The molecule has 0 fully saturated rings. The van der Waals surface area contributed by atoms with Crippen LogP contribution in [0.4, 0.5) is 5.69 Å². The zero-order valence-corrected chi connectivity index (χ0v) is 15.4. The van der Waals surface area contributed by atoms with E-state index in [0.717, 1.165) is 32.7 Å². The Morgan fingerprint density at radius 2 is 1.79 bits per heavy atom. The fourth-order valence-electron chi connectivity index (χ4n) is 2.48. The highest BCUT2D eigenvalue weighted by Gasteiger charge is 2.10. The van der Waals surface area contributed by atoms with Gasteiger partial charge >= 0.3 is 0 Å². The average molecular weight is 384 g/mol. The van der Waals surface area contributed by atoms with Gasteiger partial charge in [-0.15, -0.1) is 0 Å². The number of nitrogens with one attached hydrogen (secondary N) is 1. The van der Waals surface area contributed by atoms with Crippen LogP contribution in [-0.4, -0.2) is 16.0 Å². The Labute approximate surface area is 149 Å². The number of aromatic nitrogens is 2. The molecule has 1 N–H and O–H groups in total. The van der Waals surface area contributed by atoms with Gasteiger partial charge in [-0.3, -0.25) is 14.9 Å². The third-order valence-electron chi connectivity index (χ3n) is 3.90. The minimum Gasteiger partial charge on any atom is -0.295 e. The SMILES string of the molecule is Cc1ccc(C)c(N=Cc2c(C)[nH]n(-c3ccc(Br)cc3)c2=O)c1. The molecule has 0 spiro atoms. The summed E-state index contributed by atoms with van der Waals surface area (Å²) in [5, 5.41) is 3.11. The number of nitrogens with zero attached hydrogens (tertiary/aromatic N) is 2. The van der Waals surface area contributed by atoms with Gasteiger partial charge in [0, 0.05) is 16.4 Å². The van der Waals surface area contributed by atoms with Gasteiger partial charge in [0.2, 0.25) is 0 Å². The molecule has 1 aromatic heterocycles. The number of hydrogen-bond acceptors (Lipinski definition) is 2. The normalized spacial score (nSPS) is 11.3. The molecule has 5 heteroatoms. The highest BCUT2D eigenvalue weighted by atomic mass is 79.9. The number of halogens is 1. The third-order valence-corrected chi connectivity index (χ3v) is 4.43. The van der Waals surface area contributed by atoms with Crippen LogP contribution in [0.2, 0.25) is 0 Å². The first kappa shape index (κ1) is 16.5. The van der Waals surface area contributed by atoms with Crippen LogP contribution in [-0.2, 0) is 0 Å². The first-order chi connectivity index (χ1) is 11.5. The number of aromatic amines is 1. The Kier molecular flexibility index (Phi) is 4.53. The van der Waals surface area contributed by atoms with Crippen molar-refractivity contribution in [2.24, 2.45) is 4.99 Å². The Balaban J connectivity index is 2.01. The summed E-state index contributed by atoms with van der Waals surface area (Å²) in [5.74, 6) is 0. The molecular weight excluding hydrogens is 366 g/mol. The quantitative estimate of drug-likeness (QED) is 0.659. The number of benzene rings is 2. The van der Waals surface area contributed by atoms with Crippen molar-refractivity contribution >= 4 is 27.8 Å². The molecule has 122 valence electrons. The number of aryl methyl sites for hydroxylation is 3. The molecule has 0 amide bonds. The Hall–Kier alpha value is -2.40. The van der Waals surface area contributed by atoms with Crippen molar-refractivity contribution in [3.63, 3.8) is 0 Å². The third kappa shape index (κ3) is 3.26. The predicted molar refractivity (Wildman–Crippen MR) is 102 cm³/mol. The molecule has 0 saturated carbocycles. The van der Waals surface area contributed by atoms with E-state index in [4.69, 9.17) is 0 Å². The Bertz CT molecular complexity index is 965. The Morgan fingerprint density at radius 1 is 1.08 bits per heavy atom. The molecule has 0 aliphatic heterocycles. The fraction of sp³-hybridized carbons (Fsp3) is 0.158. The topological polar surface area (TPSA) is 50.1 Å². The Morgan fingerprint density at radius 3 is 2.50 bits per heavy atom. The summed E-state index contributed by atoms with van der Waals surface area (Å²) in [6.45, 7) is 5.91. The molecule has 0 saturated heterocycles. The van der Waals surface area contributed by atoms with E-state index in [2.05, 4.69) is 32.1 Å². The summed E-state index contributed by atoms with van der Waals surface area (Å²) < 4.78 is 2.51. The lowest BCUT2D eigenvalue weighted by molar-refractivity contribution is 0.835. The number of hydrogen-bond donors (Lipinski definition) is 1. The molecule has 4 nitrogen and oxygen atoms in total. The van der Waals surface area contributed by atoms with Gasteiger partial charge in [0.1, 0.15) is 0 Å². The first-order valence-electron chi connectivity index (χ1n) is 7.64. The maximum absolute atomic E-state index is 12.7. The highest BCUT2D eigenvalue weighted by Crippen LogP contribution is 2.20. The zero-order chi connectivity index (χ0) is 17.3. The molecule has 0 unspecified atom stereocenters. The van der Waals surface area contributed by atoms with Crippen LogP contribution in [0.25, 0.3) is 5.69 Å². The summed E-state index contributed by atoms with van der Waals surface area (Å²) in [7, 11) is 0. The molecule has 0 atom stereocenters. The van der Waals surface area contributed by atoms with Crippen molar-refractivity contribution < 1.29 is 0 Å². The van der Waals surface area contributed by atoms with Gasteiger partial charge in [0.05, 0.1) is 16.9 Å². The van der Waals surface area contributed by atoms with E-state index < -0.39 is 0 Å². The second-order valence-corrected chi connectivity index (χ2v) is 6.73. The summed E-state index contributed by atoms with van der Waals surface area (Å²) in [5.41, 5.74) is 5.15. The van der Waals surface area contributed by atoms with E-state index in [0.29, 0.717) is 5.56 Å². The fourth-order valence-corrected chi connectivity index (χ4v) is 2.74. The van der Waals surface area contributed by atoms with Crippen molar-refractivity contribution in [3.05, 3.63) is 79.7 Å². The summed E-state index contributed by atoms with van der Waals surface area (Å²) in [4.78, 5) is 17.2. The summed E-state index contributed by atoms with van der Waals surface area (Å²) in [6, 6.07) is 13.7. The van der Waals surface area contributed by atoms with Gasteiger partial charge in [0.25, 0.3) is 5.56 Å². The van der Waals surface area contributed by atoms with E-state index in [9.17, 15) is 4.79 Å². The highest BCUT2D eigenvalue weighted by molar-refractivity contribution is 9.10. The standard InChI is InChI=1S/C19H18BrN3O/c1-12-4-5-13(2)18(10-12)21-11-17-14(3)22-23(19(17)24)16-8-6-15(20)7-9-16/h4-11,22H,1-3H3. The van der Waals surface area contributed by atoms with Crippen molar-refractivity contribution in [1.82, 2.24) is 9.78 Å². The van der Waals surface area contributed by atoms with Gasteiger partial charge in [-0.1, -0.05) is 28.1 Å². The largest absolute Gasteiger partial charge is 0.295 e. The molecule has 3 aromatic rings. The molecule has 1 heterocycles. The minimum atomic E-state index is -0.108. The van der Waals surface area contributed by atoms with Gasteiger partial charge in [-0.2, -0.15) is 0 Å². The zero-order valence-electron chi connectivity index (χ0n) is 13.8. The van der Waals surface area contributed by atoms with Crippen LogP contribution in [0.3, 0.4) is 0 Å². The first-order valence-corrected chi connectivity index (χ1v) is 8.44. The van der Waals surface area contributed by atoms with Gasteiger partial charge in [0.15, 0.2) is 0 Å². The average Bonchev–Trinajstić information content (AvgIpc) is 2.84. The van der Waals surface area contributed by atoms with E-state index in [1.807, 2.05) is 57.2 Å². The predicted octanol–water partition coefficient (Wildman–Crippen LogP) is 4.60. The maximum atomic E-state index is 12.7. The molecule has 3 rings (SSSR count). The molecular formula is C19H18BrN3O. The summed E-state index contributed by atoms with van der Waals surface area (Å²) in [6.07, 6.45) is 1.64. The van der Waals surface area contributed by atoms with Crippen molar-refractivity contribution in [3.8, 4) is 5.69 Å². The number of aliphatic imine (C=N–C) groups is 1. The van der Waals surface area contributed by atoms with Gasteiger partial charge in [-0.05, 0) is 62.2 Å². The van der Waals surface area contributed by atoms with Crippen LogP contribution in [0.5, 0.6) is 0 Å². The lowest BCUT2D eigenvalue weighted by atomic mass is 10.1. The van der Waals surface area contributed by atoms with Gasteiger partial charge < -0.3 is 0 Å². The second-order valence-electron chi connectivity index (χ2n) is 5.82. The van der Waals surface area contributed by atoms with Crippen molar-refractivity contribution in [2.45, 2.75) is 20.8 Å². The minimum absolute atomic E-state index is 0.108. The van der Waals surface area contributed by atoms with Crippen molar-refractivity contribution in [2.75, 3.05) is 0 Å². The van der Waals surface area contributed by atoms with E-state index >= 15 is 0 Å². The molecule has 0 aliphatic rings. The van der Waals surface area contributed by atoms with Crippen LogP contribution < -0.4 is 5.56 Å². The molecule has 0 aliphatic carbocycles. The van der Waals surface area contributed by atoms with Crippen LogP contribution in [0.1, 0.15) is 22.4 Å². The maximum Gasteiger partial charge on any atom is 0.280 e. The van der Waals surface area contributed by atoms with E-state index in [1.54, 1.807) is 6.21 Å². The van der Waals surface area contributed by atoms with Crippen LogP contribution >= 0.6 is 15.9 Å².